The van der Waals surface area contributed by atoms with Gasteiger partial charge in [0.1, 0.15) is 11.6 Å². The zero-order chi connectivity index (χ0) is 33.4. The quantitative estimate of drug-likeness (QED) is 0.308. The summed E-state index contributed by atoms with van der Waals surface area (Å²) in [6, 6.07) is 2.24. The van der Waals surface area contributed by atoms with Crippen LogP contribution in [0.15, 0.2) is 22.3 Å². The minimum Gasteiger partial charge on any atom is -0.481 e. The molecule has 0 bridgehead atoms. The van der Waals surface area contributed by atoms with Gasteiger partial charge in [0.15, 0.2) is 0 Å². The molecule has 0 aromatic carbocycles. The Hall–Kier alpha value is -2.54. The minimum atomic E-state index is -0.689. The van der Waals surface area contributed by atoms with Crippen LogP contribution in [0.25, 0.3) is 5.57 Å². The molecule has 7 heteroatoms. The normalized spacial score (nSPS) is 40.6. The van der Waals surface area contributed by atoms with E-state index in [1.54, 1.807) is 0 Å². The number of nitrogen functional groups attached to an aromatic ring is 1. The number of allylic oxidation sites excluding steroid dienone is 2. The number of rotatable bonds is 4. The fourth-order valence-corrected chi connectivity index (χ4v) is 13.3. The lowest BCUT2D eigenvalue weighted by Crippen LogP contribution is -2.65. The predicted octanol–water partition coefficient (Wildman–Crippen LogP) is 8.61. The summed E-state index contributed by atoms with van der Waals surface area (Å²) in [5.41, 5.74) is 12.5. The molecule has 0 spiro atoms. The number of nitrogens with two attached hydrogens (primary N) is 1. The highest BCUT2D eigenvalue weighted by Gasteiger charge is 2.70. The number of carbonyl (C=O) groups is 1. The number of nitrogens with one attached hydrogen (secondary N) is 1. The van der Waals surface area contributed by atoms with Gasteiger partial charge in [-0.3, -0.25) is 14.8 Å². The number of anilines is 1. The third-order valence-electron chi connectivity index (χ3n) is 16.0. The van der Waals surface area contributed by atoms with Gasteiger partial charge in [0.2, 0.25) is 0 Å². The number of carboxylic acids is 1. The zero-order valence-electron chi connectivity index (χ0n) is 30.0. The van der Waals surface area contributed by atoms with Crippen LogP contribution in [0, 0.1) is 44.8 Å². The van der Waals surface area contributed by atoms with Crippen LogP contribution in [0.1, 0.15) is 135 Å². The lowest BCUT2D eigenvalue weighted by atomic mass is 9.33. The molecule has 1 aliphatic heterocycles. The average Bonchev–Trinajstić information content (AvgIpc) is 3.76. The van der Waals surface area contributed by atoms with E-state index in [0.717, 1.165) is 94.7 Å². The summed E-state index contributed by atoms with van der Waals surface area (Å²) in [5, 5.41) is 19.1. The highest BCUT2D eigenvalue weighted by atomic mass is 16.4. The SMILES string of the molecule is CC1(C)CCC2(C(=O)O)CCC3(C)C(=C(c4ccoc4CN4CCCC4)CC4C5(C)Cc6c(n[nH]c6N)C(C)(C)C5CCC43C)C2C1. The van der Waals surface area contributed by atoms with Crippen molar-refractivity contribution in [2.75, 3.05) is 18.8 Å². The number of hydrogen-bond donors (Lipinski definition) is 3. The van der Waals surface area contributed by atoms with E-state index in [4.69, 9.17) is 15.2 Å². The molecule has 7 unspecified atom stereocenters. The number of aliphatic carboxylic acids is 1. The number of nitrogens with zero attached hydrogens (tertiary/aromatic N) is 2. The van der Waals surface area contributed by atoms with Crippen LogP contribution in [-0.2, 0) is 23.2 Å². The van der Waals surface area contributed by atoms with Crippen molar-refractivity contribution in [3.63, 3.8) is 0 Å². The minimum absolute atomic E-state index is 0.0211. The zero-order valence-corrected chi connectivity index (χ0v) is 30.0. The van der Waals surface area contributed by atoms with E-state index in [0.29, 0.717) is 11.8 Å². The molecule has 7 nitrogen and oxygen atoms in total. The van der Waals surface area contributed by atoms with E-state index in [1.807, 2.05) is 6.26 Å². The van der Waals surface area contributed by atoms with Gasteiger partial charge in [0.25, 0.3) is 0 Å². The Balaban J connectivity index is 1.36. The smallest absolute Gasteiger partial charge is 0.310 e. The number of furan rings is 1. The van der Waals surface area contributed by atoms with Gasteiger partial charge in [0.05, 0.1) is 23.9 Å². The van der Waals surface area contributed by atoms with Crippen molar-refractivity contribution in [3.8, 4) is 0 Å². The molecule has 3 heterocycles. The molecule has 4 N–H and O–H groups in total. The first kappa shape index (κ1) is 31.7. The lowest BCUT2D eigenvalue weighted by Gasteiger charge is -2.71. The molecule has 3 saturated carbocycles. The lowest BCUT2D eigenvalue weighted by molar-refractivity contribution is -0.175. The Labute approximate surface area is 281 Å². The maximum Gasteiger partial charge on any atom is 0.310 e. The third kappa shape index (κ3) is 4.13. The molecule has 6 aliphatic rings. The van der Waals surface area contributed by atoms with E-state index in [1.165, 1.54) is 35.1 Å². The molecule has 7 atom stereocenters. The fraction of sp³-hybridized carbons (Fsp3) is 0.750. The molecule has 8 rings (SSSR count). The van der Waals surface area contributed by atoms with Gasteiger partial charge < -0.3 is 15.3 Å². The molecule has 0 amide bonds. The van der Waals surface area contributed by atoms with Gasteiger partial charge in [-0.25, -0.2) is 0 Å². The van der Waals surface area contributed by atoms with Crippen molar-refractivity contribution in [3.05, 3.63) is 40.5 Å². The molecule has 47 heavy (non-hydrogen) atoms. The number of aromatic nitrogens is 2. The van der Waals surface area contributed by atoms with Gasteiger partial charge >= 0.3 is 5.97 Å². The molecular formula is C40H58N4O3. The van der Waals surface area contributed by atoms with Crippen LogP contribution in [0.5, 0.6) is 0 Å². The standard InChI is InChI=1S/C40H58N4O3/c1-35(2)13-15-40(34(45)46)16-14-39(7)31(27(40)22-35)25(24-11-19-47-28(24)23-44-17-8-9-18-44)20-30-37(5)21-26-32(42-43-33(26)41)36(3,4)29(37)10-12-38(30,39)6/h11,19,27,29-30H,8-10,12-18,20-23H2,1-7H3,(H,45,46)(H3,41,42,43). The summed E-state index contributed by atoms with van der Waals surface area (Å²) in [7, 11) is 0. The molecular weight excluding hydrogens is 584 g/mol. The Kier molecular flexibility index (Phi) is 6.76. The van der Waals surface area contributed by atoms with Crippen LogP contribution in [0.4, 0.5) is 5.82 Å². The highest BCUT2D eigenvalue weighted by molar-refractivity contribution is 5.80. The van der Waals surface area contributed by atoms with Crippen molar-refractivity contribution >= 4 is 17.4 Å². The third-order valence-corrected chi connectivity index (χ3v) is 16.0. The van der Waals surface area contributed by atoms with Crippen LogP contribution >= 0.6 is 0 Å². The van der Waals surface area contributed by atoms with Crippen molar-refractivity contribution in [1.82, 2.24) is 15.1 Å². The molecule has 5 aliphatic carbocycles. The second kappa shape index (κ2) is 10.0. The molecule has 256 valence electrons. The highest BCUT2D eigenvalue weighted by Crippen LogP contribution is 2.77. The monoisotopic (exact) mass is 642 g/mol. The number of carboxylic acid groups (broad SMARTS) is 1. The van der Waals surface area contributed by atoms with Gasteiger partial charge in [-0.1, -0.05) is 54.0 Å². The van der Waals surface area contributed by atoms with E-state index in [2.05, 4.69) is 64.5 Å². The first-order chi connectivity index (χ1) is 22.1. The second-order valence-electron chi connectivity index (χ2n) is 19.0. The number of hydrogen-bond acceptors (Lipinski definition) is 5. The number of aromatic amines is 1. The van der Waals surface area contributed by atoms with E-state index >= 15 is 0 Å². The molecule has 2 aromatic heterocycles. The summed E-state index contributed by atoms with van der Waals surface area (Å²) in [5.74, 6) is 2.17. The van der Waals surface area contributed by atoms with Gasteiger partial charge in [0, 0.05) is 16.5 Å². The second-order valence-corrected chi connectivity index (χ2v) is 19.0. The van der Waals surface area contributed by atoms with Crippen molar-refractivity contribution < 1.29 is 14.3 Å². The van der Waals surface area contributed by atoms with Crippen molar-refractivity contribution in [2.24, 2.45) is 44.8 Å². The molecule has 1 saturated heterocycles. The average molecular weight is 643 g/mol. The van der Waals surface area contributed by atoms with Gasteiger partial charge in [-0.05, 0) is 135 Å². The van der Waals surface area contributed by atoms with Crippen LogP contribution in [0.2, 0.25) is 0 Å². The Morgan fingerprint density at radius 3 is 2.49 bits per heavy atom. The topological polar surface area (TPSA) is 108 Å². The Morgan fingerprint density at radius 2 is 1.77 bits per heavy atom. The first-order valence-electron chi connectivity index (χ1n) is 18.7. The largest absolute Gasteiger partial charge is 0.481 e. The van der Waals surface area contributed by atoms with Crippen LogP contribution in [0.3, 0.4) is 0 Å². The maximum atomic E-state index is 13.5. The number of likely N-dealkylation sites (tertiary alicyclic amines) is 1. The molecule has 2 aromatic rings. The summed E-state index contributed by atoms with van der Waals surface area (Å²) in [6.45, 7) is 20.4. The van der Waals surface area contributed by atoms with Crippen molar-refractivity contribution in [2.45, 2.75) is 131 Å². The van der Waals surface area contributed by atoms with Crippen molar-refractivity contribution in [1.29, 1.82) is 0 Å². The number of fused-ring (bicyclic) bond motifs is 8. The summed E-state index contributed by atoms with van der Waals surface area (Å²) in [4.78, 5) is 16.1. The maximum absolute atomic E-state index is 13.5. The summed E-state index contributed by atoms with van der Waals surface area (Å²) < 4.78 is 6.40. The van der Waals surface area contributed by atoms with E-state index < -0.39 is 11.4 Å². The first-order valence-corrected chi connectivity index (χ1v) is 18.7. The summed E-state index contributed by atoms with van der Waals surface area (Å²) >= 11 is 0. The number of H-pyrrole nitrogens is 1. The fourth-order valence-electron chi connectivity index (χ4n) is 13.3. The summed E-state index contributed by atoms with van der Waals surface area (Å²) in [6.07, 6.45) is 13.0. The van der Waals surface area contributed by atoms with Crippen LogP contribution in [-0.4, -0.2) is 39.3 Å². The Morgan fingerprint density at radius 1 is 1.04 bits per heavy atom. The van der Waals surface area contributed by atoms with Gasteiger partial charge in [-0.2, -0.15) is 5.10 Å². The van der Waals surface area contributed by atoms with Crippen LogP contribution < -0.4 is 5.73 Å². The predicted molar refractivity (Wildman–Crippen MR) is 185 cm³/mol. The molecule has 0 radical (unpaired) electrons. The Bertz CT molecular complexity index is 1640. The van der Waals surface area contributed by atoms with Gasteiger partial charge in [-0.15, -0.1) is 0 Å². The van der Waals surface area contributed by atoms with E-state index in [9.17, 15) is 9.90 Å². The molecule has 4 fully saturated rings. The van der Waals surface area contributed by atoms with E-state index in [-0.39, 0.29) is 33.0 Å².